The van der Waals surface area contributed by atoms with E-state index in [-0.39, 0.29) is 31.1 Å². The zero-order valence-electron chi connectivity index (χ0n) is 51.9. The Morgan fingerprint density at radius 3 is 0.797 bits per heavy atom. The third-order valence-electron chi connectivity index (χ3n) is 14.2. The van der Waals surface area contributed by atoms with Gasteiger partial charge in [0.05, 0.1) is 0 Å². The first-order valence-electron chi connectivity index (χ1n) is 33.4. The van der Waals surface area contributed by atoms with Crippen molar-refractivity contribution in [2.24, 2.45) is 0 Å². The third-order valence-corrected chi connectivity index (χ3v) is 14.2. The van der Waals surface area contributed by atoms with Gasteiger partial charge in [-0.2, -0.15) is 0 Å². The first-order chi connectivity index (χ1) is 39.0. The number of carbonyl (C=O) groups is 3. The summed E-state index contributed by atoms with van der Waals surface area (Å²) in [5.41, 5.74) is 0. The lowest BCUT2D eigenvalue weighted by Gasteiger charge is -2.18. The molecule has 0 aliphatic rings. The Balaban J connectivity index is 4.33. The molecule has 0 aromatic heterocycles. The molecule has 0 N–H and O–H groups in total. The van der Waals surface area contributed by atoms with Crippen molar-refractivity contribution in [3.63, 3.8) is 0 Å². The van der Waals surface area contributed by atoms with Gasteiger partial charge in [-0.15, -0.1) is 0 Å². The van der Waals surface area contributed by atoms with Crippen LogP contribution < -0.4 is 0 Å². The van der Waals surface area contributed by atoms with Crippen LogP contribution in [0.4, 0.5) is 0 Å². The molecule has 0 heterocycles. The normalized spacial score (nSPS) is 12.8. The van der Waals surface area contributed by atoms with Gasteiger partial charge in [0.15, 0.2) is 6.10 Å². The highest BCUT2D eigenvalue weighted by atomic mass is 16.6. The van der Waals surface area contributed by atoms with Gasteiger partial charge in [-0.25, -0.2) is 0 Å². The molecule has 0 fully saturated rings. The Kier molecular flexibility index (Phi) is 63.3. The lowest BCUT2D eigenvalue weighted by atomic mass is 10.1. The van der Waals surface area contributed by atoms with Gasteiger partial charge in [0.1, 0.15) is 13.2 Å². The summed E-state index contributed by atoms with van der Waals surface area (Å²) < 4.78 is 16.9. The van der Waals surface area contributed by atoms with E-state index in [1.165, 1.54) is 161 Å². The lowest BCUT2D eigenvalue weighted by Crippen LogP contribution is -2.30. The Morgan fingerprint density at radius 1 is 0.266 bits per heavy atom. The molecule has 0 radical (unpaired) electrons. The van der Waals surface area contributed by atoms with Gasteiger partial charge < -0.3 is 14.2 Å². The molecule has 0 aliphatic carbocycles. The standard InChI is InChI=1S/C73H124O6/c1-4-7-10-13-16-19-22-25-27-29-31-32-33-34-35-36-37-38-39-40-42-43-45-48-51-54-57-60-63-66-72(75)78-69-70(68-77-71(74)65-62-59-56-53-50-47-24-21-18-15-12-9-6-3)79-73(76)67-64-61-58-55-52-49-46-44-41-30-28-26-23-20-17-14-11-8-5-2/h7,10,16,19,21,24-28,31-32,34-35,37-38,40,42,70H,4-6,8-9,11-15,17-18,20,22-23,29-30,33,36,39,41,43-69H2,1-3H3/b10-7-,19-16-,24-21-,27-25-,28-26-,32-31-,35-34-,38-37-,42-40-. The van der Waals surface area contributed by atoms with Crippen molar-refractivity contribution in [1.82, 2.24) is 0 Å². The predicted molar refractivity (Wildman–Crippen MR) is 343 cm³/mol. The van der Waals surface area contributed by atoms with Crippen molar-refractivity contribution < 1.29 is 28.6 Å². The predicted octanol–water partition coefficient (Wildman–Crippen LogP) is 23.0. The summed E-state index contributed by atoms with van der Waals surface area (Å²) in [4.78, 5) is 38.3. The molecule has 0 amide bonds. The molecule has 0 spiro atoms. The van der Waals surface area contributed by atoms with Crippen LogP contribution in [0.15, 0.2) is 109 Å². The van der Waals surface area contributed by atoms with Crippen LogP contribution in [0.25, 0.3) is 0 Å². The molecule has 79 heavy (non-hydrogen) atoms. The number of hydrogen-bond donors (Lipinski definition) is 0. The second-order valence-electron chi connectivity index (χ2n) is 22.0. The van der Waals surface area contributed by atoms with Crippen molar-refractivity contribution in [2.75, 3.05) is 13.2 Å². The van der Waals surface area contributed by atoms with E-state index in [4.69, 9.17) is 14.2 Å². The van der Waals surface area contributed by atoms with Gasteiger partial charge in [-0.05, 0) is 128 Å². The van der Waals surface area contributed by atoms with Crippen molar-refractivity contribution in [3.05, 3.63) is 109 Å². The zero-order chi connectivity index (χ0) is 57.1. The van der Waals surface area contributed by atoms with E-state index in [9.17, 15) is 14.4 Å². The number of hydrogen-bond acceptors (Lipinski definition) is 6. The maximum atomic E-state index is 12.9. The fourth-order valence-corrected chi connectivity index (χ4v) is 9.24. The van der Waals surface area contributed by atoms with Crippen molar-refractivity contribution in [1.29, 1.82) is 0 Å². The van der Waals surface area contributed by atoms with Gasteiger partial charge in [-0.3, -0.25) is 14.4 Å². The van der Waals surface area contributed by atoms with Crippen LogP contribution in [0, 0.1) is 0 Å². The van der Waals surface area contributed by atoms with Gasteiger partial charge >= 0.3 is 17.9 Å². The summed E-state index contributed by atoms with van der Waals surface area (Å²) in [6.07, 6.45) is 90.9. The van der Waals surface area contributed by atoms with Crippen LogP contribution in [0.2, 0.25) is 0 Å². The maximum absolute atomic E-state index is 12.9. The van der Waals surface area contributed by atoms with E-state index < -0.39 is 6.10 Å². The molecule has 452 valence electrons. The second-order valence-corrected chi connectivity index (χ2v) is 22.0. The molecule has 0 aromatic rings. The van der Waals surface area contributed by atoms with E-state index in [2.05, 4.69) is 130 Å². The minimum absolute atomic E-state index is 0.0859. The molecule has 0 rings (SSSR count). The summed E-state index contributed by atoms with van der Waals surface area (Å²) in [5.74, 6) is -0.898. The Hall–Kier alpha value is -3.93. The number of esters is 3. The van der Waals surface area contributed by atoms with Crippen molar-refractivity contribution in [2.45, 2.75) is 322 Å². The molecule has 1 atom stereocenters. The second kappa shape index (κ2) is 66.6. The summed E-state index contributed by atoms with van der Waals surface area (Å²) in [5, 5.41) is 0. The number of unbranched alkanes of at least 4 members (excludes halogenated alkanes) is 31. The van der Waals surface area contributed by atoms with Crippen LogP contribution in [0.5, 0.6) is 0 Å². The van der Waals surface area contributed by atoms with Crippen LogP contribution in [-0.4, -0.2) is 37.2 Å². The van der Waals surface area contributed by atoms with Crippen LogP contribution in [0.3, 0.4) is 0 Å². The number of rotatable bonds is 60. The minimum Gasteiger partial charge on any atom is -0.462 e. The topological polar surface area (TPSA) is 78.9 Å². The highest BCUT2D eigenvalue weighted by molar-refractivity contribution is 5.71. The largest absolute Gasteiger partial charge is 0.462 e. The van der Waals surface area contributed by atoms with E-state index in [0.717, 1.165) is 116 Å². The highest BCUT2D eigenvalue weighted by Gasteiger charge is 2.19. The number of ether oxygens (including phenoxy) is 3. The lowest BCUT2D eigenvalue weighted by molar-refractivity contribution is -0.167. The SMILES string of the molecule is CC/C=C\C/C=C\C/C=C\C/C=C\C/C=C\C/C=C\C/C=C\CCCCCCCCCC(=O)OCC(COC(=O)CCCCCCC/C=C\CCCCCC)OC(=O)CCCCCCCCCCC/C=C\CCCCCCCC. The summed E-state index contributed by atoms with van der Waals surface area (Å²) in [6, 6.07) is 0. The quantitative estimate of drug-likeness (QED) is 0.0261. The average molecular weight is 1100 g/mol. The Bertz CT molecular complexity index is 1590. The fraction of sp³-hybridized carbons (Fsp3) is 0.712. The van der Waals surface area contributed by atoms with E-state index in [1.807, 2.05) is 0 Å². The van der Waals surface area contributed by atoms with Crippen LogP contribution >= 0.6 is 0 Å². The summed E-state index contributed by atoms with van der Waals surface area (Å²) in [7, 11) is 0. The molecule has 0 saturated carbocycles. The molecule has 6 heteroatoms. The van der Waals surface area contributed by atoms with Gasteiger partial charge in [0.25, 0.3) is 0 Å². The Labute approximate surface area is 489 Å². The molecular formula is C73H124O6. The monoisotopic (exact) mass is 1100 g/mol. The number of carbonyl (C=O) groups excluding carboxylic acids is 3. The van der Waals surface area contributed by atoms with E-state index in [1.54, 1.807) is 0 Å². The molecule has 1 unspecified atom stereocenters. The third kappa shape index (κ3) is 64.8. The van der Waals surface area contributed by atoms with Gasteiger partial charge in [-0.1, -0.05) is 278 Å². The minimum atomic E-state index is -0.789. The smallest absolute Gasteiger partial charge is 0.306 e. The maximum Gasteiger partial charge on any atom is 0.306 e. The number of allylic oxidation sites excluding steroid dienone is 18. The van der Waals surface area contributed by atoms with Crippen molar-refractivity contribution in [3.8, 4) is 0 Å². The molecule has 6 nitrogen and oxygen atoms in total. The molecule has 0 saturated heterocycles. The summed E-state index contributed by atoms with van der Waals surface area (Å²) in [6.45, 7) is 6.51. The first-order valence-corrected chi connectivity index (χ1v) is 33.4. The van der Waals surface area contributed by atoms with Crippen LogP contribution in [-0.2, 0) is 28.6 Å². The first kappa shape index (κ1) is 75.1. The van der Waals surface area contributed by atoms with Gasteiger partial charge in [0, 0.05) is 19.3 Å². The molecular weight excluding hydrogens is 973 g/mol. The highest BCUT2D eigenvalue weighted by Crippen LogP contribution is 2.16. The van der Waals surface area contributed by atoms with Gasteiger partial charge in [0.2, 0.25) is 0 Å². The summed E-state index contributed by atoms with van der Waals surface area (Å²) >= 11 is 0. The zero-order valence-corrected chi connectivity index (χ0v) is 51.9. The van der Waals surface area contributed by atoms with Crippen molar-refractivity contribution >= 4 is 17.9 Å². The molecule has 0 aromatic carbocycles. The fourth-order valence-electron chi connectivity index (χ4n) is 9.24. The Morgan fingerprint density at radius 2 is 0.494 bits per heavy atom. The molecule has 0 bridgehead atoms. The molecule has 0 aliphatic heterocycles. The van der Waals surface area contributed by atoms with E-state index >= 15 is 0 Å². The average Bonchev–Trinajstić information content (AvgIpc) is 3.45. The van der Waals surface area contributed by atoms with Crippen LogP contribution in [0.1, 0.15) is 316 Å². The van der Waals surface area contributed by atoms with E-state index in [0.29, 0.717) is 19.3 Å².